The maximum absolute atomic E-state index is 11.8. The summed E-state index contributed by atoms with van der Waals surface area (Å²) in [6.07, 6.45) is 0. The van der Waals surface area contributed by atoms with Gasteiger partial charge in [-0.2, -0.15) is 10.5 Å². The zero-order chi connectivity index (χ0) is 14.0. The van der Waals surface area contributed by atoms with Gasteiger partial charge in [-0.3, -0.25) is 4.79 Å². The van der Waals surface area contributed by atoms with E-state index in [0.29, 0.717) is 5.02 Å². The number of hydrogen-bond acceptors (Lipinski definition) is 4. The van der Waals surface area contributed by atoms with Gasteiger partial charge in [-0.1, -0.05) is 23.7 Å². The van der Waals surface area contributed by atoms with Crippen LogP contribution in [0, 0.1) is 34.0 Å². The zero-order valence-electron chi connectivity index (χ0n) is 10.3. The average Bonchev–Trinajstić information content (AvgIpc) is 3.09. The molecule has 19 heavy (non-hydrogen) atoms. The van der Waals surface area contributed by atoms with Crippen LogP contribution in [0.4, 0.5) is 0 Å². The molecular formula is C14H11ClN2O2. The van der Waals surface area contributed by atoms with Crippen LogP contribution in [0.2, 0.25) is 5.02 Å². The zero-order valence-corrected chi connectivity index (χ0v) is 11.0. The number of rotatable bonds is 3. The summed E-state index contributed by atoms with van der Waals surface area (Å²) in [5.74, 6) is -1.66. The molecule has 0 saturated heterocycles. The molecule has 0 heterocycles. The van der Waals surface area contributed by atoms with Crippen LogP contribution < -0.4 is 0 Å². The Morgan fingerprint density at radius 3 is 2.42 bits per heavy atom. The molecule has 0 aliphatic heterocycles. The van der Waals surface area contributed by atoms with E-state index in [9.17, 15) is 15.3 Å². The lowest BCUT2D eigenvalue weighted by Crippen LogP contribution is -2.11. The molecule has 5 heteroatoms. The number of hydrogen-bond donors (Lipinski definition) is 0. The third kappa shape index (κ3) is 2.05. The molecule has 96 valence electrons. The first-order valence-corrected chi connectivity index (χ1v) is 6.23. The summed E-state index contributed by atoms with van der Waals surface area (Å²) in [4.78, 5) is 11.8. The highest BCUT2D eigenvalue weighted by Crippen LogP contribution is 2.64. The van der Waals surface area contributed by atoms with E-state index < -0.39 is 23.2 Å². The number of nitrogens with zero attached hydrogens (tertiary/aromatic N) is 2. The maximum Gasteiger partial charge on any atom is 0.312 e. The first-order valence-electron chi connectivity index (χ1n) is 5.85. The third-order valence-electron chi connectivity index (χ3n) is 3.34. The molecule has 0 unspecified atom stereocenters. The second kappa shape index (κ2) is 4.91. The summed E-state index contributed by atoms with van der Waals surface area (Å²) in [6.45, 7) is 1.92. The Hall–Kier alpha value is -2.04. The Morgan fingerprint density at radius 1 is 1.37 bits per heavy atom. The van der Waals surface area contributed by atoms with Crippen molar-refractivity contribution in [3.05, 3.63) is 34.9 Å². The number of ether oxygens (including phenoxy) is 1. The molecule has 1 aromatic rings. The second-order valence-electron chi connectivity index (χ2n) is 4.35. The SMILES string of the molecule is CCOC(=O)[C@@H]1[C@H](c2ccc(Cl)cc2)C1(C#N)C#N. The van der Waals surface area contributed by atoms with Gasteiger partial charge in [-0.15, -0.1) is 0 Å². The Bertz CT molecular complexity index is 569. The molecule has 1 aliphatic rings. The van der Waals surface area contributed by atoms with E-state index in [0.717, 1.165) is 5.56 Å². The first kappa shape index (κ1) is 13.4. The molecule has 0 amide bonds. The van der Waals surface area contributed by atoms with E-state index in [1.54, 1.807) is 31.2 Å². The van der Waals surface area contributed by atoms with Gasteiger partial charge in [0.2, 0.25) is 0 Å². The highest BCUT2D eigenvalue weighted by molar-refractivity contribution is 6.30. The van der Waals surface area contributed by atoms with Gasteiger partial charge in [0.05, 0.1) is 24.7 Å². The predicted octanol–water partition coefficient (Wildman–Crippen LogP) is 2.65. The van der Waals surface area contributed by atoms with E-state index in [1.807, 2.05) is 12.1 Å². The van der Waals surface area contributed by atoms with Crippen molar-refractivity contribution in [2.24, 2.45) is 11.3 Å². The van der Waals surface area contributed by atoms with Crippen LogP contribution in [0.5, 0.6) is 0 Å². The largest absolute Gasteiger partial charge is 0.466 e. The minimum atomic E-state index is -1.32. The summed E-state index contributed by atoms with van der Waals surface area (Å²) < 4.78 is 4.93. The topological polar surface area (TPSA) is 73.9 Å². The molecule has 2 atom stereocenters. The molecule has 1 fully saturated rings. The molecule has 1 aromatic carbocycles. The molecule has 0 N–H and O–H groups in total. The molecule has 0 spiro atoms. The van der Waals surface area contributed by atoms with Crippen LogP contribution in [0.3, 0.4) is 0 Å². The minimum Gasteiger partial charge on any atom is -0.466 e. The highest BCUT2D eigenvalue weighted by atomic mass is 35.5. The van der Waals surface area contributed by atoms with Crippen LogP contribution in [0.1, 0.15) is 18.4 Å². The van der Waals surface area contributed by atoms with Crippen molar-refractivity contribution < 1.29 is 9.53 Å². The van der Waals surface area contributed by atoms with Gasteiger partial charge >= 0.3 is 5.97 Å². The van der Waals surface area contributed by atoms with Gasteiger partial charge in [0.25, 0.3) is 0 Å². The van der Waals surface area contributed by atoms with Crippen LogP contribution in [0.25, 0.3) is 0 Å². The Morgan fingerprint density at radius 2 is 1.95 bits per heavy atom. The molecular weight excluding hydrogens is 264 g/mol. The fourth-order valence-corrected chi connectivity index (χ4v) is 2.50. The van der Waals surface area contributed by atoms with Crippen molar-refractivity contribution in [3.63, 3.8) is 0 Å². The molecule has 2 rings (SSSR count). The predicted molar refractivity (Wildman–Crippen MR) is 68.0 cm³/mol. The van der Waals surface area contributed by atoms with Crippen molar-refractivity contribution in [3.8, 4) is 12.1 Å². The monoisotopic (exact) mass is 274 g/mol. The minimum absolute atomic E-state index is 0.232. The van der Waals surface area contributed by atoms with E-state index in [4.69, 9.17) is 16.3 Å². The standard InChI is InChI=1S/C14H11ClN2O2/c1-2-19-13(18)12-11(14(12,7-16)8-17)9-3-5-10(15)6-4-9/h3-6,11-12H,2H2,1H3/t11-,12-/m0/s1. The molecule has 4 nitrogen and oxygen atoms in total. The first-order chi connectivity index (χ1) is 9.10. The summed E-state index contributed by atoms with van der Waals surface area (Å²) in [6, 6.07) is 10.7. The van der Waals surface area contributed by atoms with Gasteiger partial charge in [0.1, 0.15) is 0 Å². The lowest BCUT2D eigenvalue weighted by molar-refractivity contribution is -0.145. The van der Waals surface area contributed by atoms with Crippen molar-refractivity contribution in [2.75, 3.05) is 6.61 Å². The normalized spacial score (nSPS) is 22.9. The van der Waals surface area contributed by atoms with Gasteiger partial charge in [-0.05, 0) is 24.6 Å². The number of benzene rings is 1. The Kier molecular flexibility index (Phi) is 3.46. The summed E-state index contributed by atoms with van der Waals surface area (Å²) >= 11 is 5.80. The number of carbonyl (C=O) groups excluding carboxylic acids is 1. The molecule has 0 bridgehead atoms. The smallest absolute Gasteiger partial charge is 0.312 e. The van der Waals surface area contributed by atoms with Gasteiger partial charge in [0, 0.05) is 10.9 Å². The fraction of sp³-hybridized carbons (Fsp3) is 0.357. The summed E-state index contributed by atoms with van der Waals surface area (Å²) in [5.41, 5.74) is -0.564. The van der Waals surface area contributed by atoms with E-state index in [1.165, 1.54) is 0 Å². The quantitative estimate of drug-likeness (QED) is 0.794. The van der Waals surface area contributed by atoms with Crippen LogP contribution in [-0.2, 0) is 9.53 Å². The summed E-state index contributed by atoms with van der Waals surface area (Å²) in [7, 11) is 0. The number of nitriles is 2. The van der Waals surface area contributed by atoms with Crippen LogP contribution >= 0.6 is 11.6 Å². The van der Waals surface area contributed by atoms with Gasteiger partial charge in [-0.25, -0.2) is 0 Å². The number of esters is 1. The van der Waals surface area contributed by atoms with Crippen molar-refractivity contribution in [1.29, 1.82) is 10.5 Å². The lowest BCUT2D eigenvalue weighted by atomic mass is 10.0. The van der Waals surface area contributed by atoms with E-state index in [2.05, 4.69) is 0 Å². The number of carbonyl (C=O) groups is 1. The maximum atomic E-state index is 11.8. The van der Waals surface area contributed by atoms with Crippen molar-refractivity contribution in [1.82, 2.24) is 0 Å². The van der Waals surface area contributed by atoms with E-state index in [-0.39, 0.29) is 6.61 Å². The number of halogens is 1. The fourth-order valence-electron chi connectivity index (χ4n) is 2.37. The third-order valence-corrected chi connectivity index (χ3v) is 3.60. The highest BCUT2D eigenvalue weighted by Gasteiger charge is 2.71. The Balaban J connectivity index is 2.35. The lowest BCUT2D eigenvalue weighted by Gasteiger charge is -2.00. The van der Waals surface area contributed by atoms with Crippen molar-refractivity contribution >= 4 is 17.6 Å². The molecule has 0 radical (unpaired) electrons. The van der Waals surface area contributed by atoms with E-state index >= 15 is 0 Å². The van der Waals surface area contributed by atoms with Crippen molar-refractivity contribution in [2.45, 2.75) is 12.8 Å². The molecule has 1 aliphatic carbocycles. The van der Waals surface area contributed by atoms with Crippen LogP contribution in [0.15, 0.2) is 24.3 Å². The average molecular weight is 275 g/mol. The summed E-state index contributed by atoms with van der Waals surface area (Å²) in [5, 5.41) is 19.0. The second-order valence-corrected chi connectivity index (χ2v) is 4.79. The van der Waals surface area contributed by atoms with Crippen LogP contribution in [-0.4, -0.2) is 12.6 Å². The van der Waals surface area contributed by atoms with Gasteiger partial charge < -0.3 is 4.74 Å². The molecule has 1 saturated carbocycles. The Labute approximate surface area is 116 Å². The molecule has 0 aromatic heterocycles. The van der Waals surface area contributed by atoms with Gasteiger partial charge in [0.15, 0.2) is 5.41 Å².